The first kappa shape index (κ1) is 10.8. The fourth-order valence-corrected chi connectivity index (χ4v) is 1.93. The summed E-state index contributed by atoms with van der Waals surface area (Å²) in [5.41, 5.74) is 2.50. The second-order valence-electron chi connectivity index (χ2n) is 3.73. The van der Waals surface area contributed by atoms with Crippen molar-refractivity contribution < 1.29 is 0 Å². The molecule has 0 N–H and O–H groups in total. The number of halogens is 1. The summed E-state index contributed by atoms with van der Waals surface area (Å²) in [7, 11) is 0. The van der Waals surface area contributed by atoms with Gasteiger partial charge in [-0.1, -0.05) is 23.7 Å². The van der Waals surface area contributed by atoms with Gasteiger partial charge in [0.25, 0.3) is 0 Å². The van der Waals surface area contributed by atoms with E-state index in [0.29, 0.717) is 21.9 Å². The van der Waals surface area contributed by atoms with Gasteiger partial charge in [-0.2, -0.15) is 10.4 Å². The topological polar surface area (TPSA) is 54.0 Å². The van der Waals surface area contributed by atoms with Crippen molar-refractivity contribution >= 4 is 17.2 Å². The Balaban J connectivity index is 2.29. The van der Waals surface area contributed by atoms with E-state index < -0.39 is 0 Å². The molecule has 0 spiro atoms. The molecule has 3 aromatic rings. The predicted octanol–water partition coefficient (Wildman–Crippen LogP) is 2.92. The quantitative estimate of drug-likeness (QED) is 0.671. The molecular weight excluding hydrogens is 248 g/mol. The lowest BCUT2D eigenvalue weighted by Crippen LogP contribution is -1.87. The largest absolute Gasteiger partial charge is 0.236 e. The zero-order valence-corrected chi connectivity index (χ0v) is 9.96. The molecule has 3 rings (SSSR count). The summed E-state index contributed by atoms with van der Waals surface area (Å²) >= 11 is 5.85. The van der Waals surface area contributed by atoms with Crippen molar-refractivity contribution in [2.24, 2.45) is 0 Å². The Morgan fingerprint density at radius 3 is 2.72 bits per heavy atom. The lowest BCUT2D eigenvalue weighted by Gasteiger charge is -1.96. The highest BCUT2D eigenvalue weighted by Gasteiger charge is 2.14. The van der Waals surface area contributed by atoms with Crippen molar-refractivity contribution in [3.63, 3.8) is 0 Å². The Bertz CT molecular complexity index is 753. The Morgan fingerprint density at radius 1 is 1.22 bits per heavy atom. The van der Waals surface area contributed by atoms with Crippen LogP contribution in [0.5, 0.6) is 0 Å². The van der Waals surface area contributed by atoms with Crippen LogP contribution in [0.4, 0.5) is 0 Å². The normalized spacial score (nSPS) is 10.4. The van der Waals surface area contributed by atoms with E-state index in [-0.39, 0.29) is 0 Å². The molecule has 0 fully saturated rings. The maximum absolute atomic E-state index is 9.25. The van der Waals surface area contributed by atoms with Crippen LogP contribution in [-0.4, -0.2) is 14.6 Å². The third-order valence-corrected chi connectivity index (χ3v) is 2.88. The van der Waals surface area contributed by atoms with Crippen LogP contribution in [-0.2, 0) is 0 Å². The molecule has 0 bridgehead atoms. The molecule has 0 saturated carbocycles. The summed E-state index contributed by atoms with van der Waals surface area (Å²) in [4.78, 5) is 4.17. The molecule has 0 aliphatic heterocycles. The highest BCUT2D eigenvalue weighted by molar-refractivity contribution is 6.30. The predicted molar refractivity (Wildman–Crippen MR) is 68.1 cm³/mol. The van der Waals surface area contributed by atoms with Gasteiger partial charge < -0.3 is 0 Å². The number of nitriles is 1. The molecule has 0 aliphatic carbocycles. The third-order valence-electron chi connectivity index (χ3n) is 2.62. The van der Waals surface area contributed by atoms with Gasteiger partial charge in [0.1, 0.15) is 17.3 Å². The molecule has 0 unspecified atom stereocenters. The molecule has 0 radical (unpaired) electrons. The lowest BCUT2D eigenvalue weighted by molar-refractivity contribution is 0.943. The molecule has 0 amide bonds. The molecular formula is C13H7ClN4. The Morgan fingerprint density at radius 2 is 2.00 bits per heavy atom. The number of rotatable bonds is 1. The van der Waals surface area contributed by atoms with E-state index in [2.05, 4.69) is 16.2 Å². The molecule has 2 aromatic heterocycles. The van der Waals surface area contributed by atoms with Crippen LogP contribution in [0.15, 0.2) is 42.7 Å². The molecule has 0 saturated heterocycles. The van der Waals surface area contributed by atoms with Gasteiger partial charge in [0.05, 0.1) is 0 Å². The highest BCUT2D eigenvalue weighted by Crippen LogP contribution is 2.25. The molecule has 18 heavy (non-hydrogen) atoms. The van der Waals surface area contributed by atoms with Crippen molar-refractivity contribution in [2.75, 3.05) is 0 Å². The van der Waals surface area contributed by atoms with Crippen molar-refractivity contribution in [2.45, 2.75) is 0 Å². The SMILES string of the molecule is N#Cc1c(-c2ccc(Cl)cc2)nn2cccnc12. The average molecular weight is 255 g/mol. The van der Waals surface area contributed by atoms with Crippen LogP contribution in [0.3, 0.4) is 0 Å². The maximum Gasteiger partial charge on any atom is 0.173 e. The summed E-state index contributed by atoms with van der Waals surface area (Å²) in [6.07, 6.45) is 3.41. The molecule has 86 valence electrons. The van der Waals surface area contributed by atoms with E-state index in [1.807, 2.05) is 12.1 Å². The number of benzene rings is 1. The van der Waals surface area contributed by atoms with Crippen molar-refractivity contribution in [3.8, 4) is 17.3 Å². The Labute approximate surface area is 108 Å². The van der Waals surface area contributed by atoms with E-state index in [4.69, 9.17) is 11.6 Å². The van der Waals surface area contributed by atoms with E-state index in [1.165, 1.54) is 0 Å². The second-order valence-corrected chi connectivity index (χ2v) is 4.17. The fourth-order valence-electron chi connectivity index (χ4n) is 1.80. The summed E-state index contributed by atoms with van der Waals surface area (Å²) in [6.45, 7) is 0. The summed E-state index contributed by atoms with van der Waals surface area (Å²) in [5.74, 6) is 0. The zero-order valence-electron chi connectivity index (χ0n) is 9.21. The van der Waals surface area contributed by atoms with Crippen LogP contribution in [0.25, 0.3) is 16.9 Å². The van der Waals surface area contributed by atoms with Gasteiger partial charge in [-0.15, -0.1) is 0 Å². The van der Waals surface area contributed by atoms with Gasteiger partial charge in [0.2, 0.25) is 0 Å². The first-order valence-electron chi connectivity index (χ1n) is 5.29. The van der Waals surface area contributed by atoms with Crippen molar-refractivity contribution in [1.29, 1.82) is 5.26 Å². The molecule has 0 atom stereocenters. The van der Waals surface area contributed by atoms with Crippen LogP contribution >= 0.6 is 11.6 Å². The smallest absolute Gasteiger partial charge is 0.173 e. The van der Waals surface area contributed by atoms with Gasteiger partial charge in [0, 0.05) is 23.0 Å². The summed E-state index contributed by atoms with van der Waals surface area (Å²) < 4.78 is 1.60. The monoisotopic (exact) mass is 254 g/mol. The number of hydrogen-bond donors (Lipinski definition) is 0. The molecule has 5 heteroatoms. The average Bonchev–Trinajstić information content (AvgIpc) is 2.78. The Hall–Kier alpha value is -2.38. The zero-order chi connectivity index (χ0) is 12.5. The fraction of sp³-hybridized carbons (Fsp3) is 0. The summed E-state index contributed by atoms with van der Waals surface area (Å²) in [5, 5.41) is 14.3. The Kier molecular flexibility index (Phi) is 2.47. The van der Waals surface area contributed by atoms with Gasteiger partial charge in [0.15, 0.2) is 5.65 Å². The van der Waals surface area contributed by atoms with E-state index in [0.717, 1.165) is 5.56 Å². The minimum absolute atomic E-state index is 0.470. The first-order chi connectivity index (χ1) is 8.79. The van der Waals surface area contributed by atoms with Crippen LogP contribution < -0.4 is 0 Å². The van der Waals surface area contributed by atoms with Crippen LogP contribution in [0.1, 0.15) is 5.56 Å². The maximum atomic E-state index is 9.25. The molecule has 2 heterocycles. The van der Waals surface area contributed by atoms with Gasteiger partial charge in [-0.05, 0) is 18.2 Å². The minimum Gasteiger partial charge on any atom is -0.236 e. The highest BCUT2D eigenvalue weighted by atomic mass is 35.5. The van der Waals surface area contributed by atoms with Crippen LogP contribution in [0, 0.1) is 11.3 Å². The number of fused-ring (bicyclic) bond motifs is 1. The third kappa shape index (κ3) is 1.62. The van der Waals surface area contributed by atoms with E-state index in [9.17, 15) is 5.26 Å². The van der Waals surface area contributed by atoms with Crippen LogP contribution in [0.2, 0.25) is 5.02 Å². The van der Waals surface area contributed by atoms with Gasteiger partial charge in [-0.25, -0.2) is 9.50 Å². The van der Waals surface area contributed by atoms with Gasteiger partial charge >= 0.3 is 0 Å². The summed E-state index contributed by atoms with van der Waals surface area (Å²) in [6, 6.07) is 11.1. The minimum atomic E-state index is 0.470. The molecule has 1 aromatic carbocycles. The first-order valence-corrected chi connectivity index (χ1v) is 5.67. The second kappa shape index (κ2) is 4.13. The van der Waals surface area contributed by atoms with Crippen molar-refractivity contribution in [1.82, 2.24) is 14.6 Å². The number of nitrogens with zero attached hydrogens (tertiary/aromatic N) is 4. The lowest BCUT2D eigenvalue weighted by atomic mass is 10.1. The van der Waals surface area contributed by atoms with E-state index >= 15 is 0 Å². The molecule has 4 nitrogen and oxygen atoms in total. The number of hydrogen-bond acceptors (Lipinski definition) is 3. The standard InChI is InChI=1S/C13H7ClN4/c14-10-4-2-9(3-5-10)12-11(8-15)13-16-6-1-7-18(13)17-12/h1-7H. The molecule has 0 aliphatic rings. The van der Waals surface area contributed by atoms with Gasteiger partial charge in [-0.3, -0.25) is 0 Å². The van der Waals surface area contributed by atoms with Crippen molar-refractivity contribution in [3.05, 3.63) is 53.3 Å². The number of aromatic nitrogens is 3. The van der Waals surface area contributed by atoms with E-state index in [1.54, 1.807) is 35.1 Å².